The summed E-state index contributed by atoms with van der Waals surface area (Å²) in [7, 11) is -3.54. The van der Waals surface area contributed by atoms with Gasteiger partial charge in [0.1, 0.15) is 21.8 Å². The number of urea groups is 1. The molecule has 6 rings (SSSR count). The first-order chi connectivity index (χ1) is 19.2. The van der Waals surface area contributed by atoms with E-state index in [9.17, 15) is 18.0 Å². The van der Waals surface area contributed by atoms with Gasteiger partial charge >= 0.3 is 6.03 Å². The molecule has 4 heterocycles. The monoisotopic (exact) mass is 577 g/mol. The van der Waals surface area contributed by atoms with Crippen molar-refractivity contribution in [3.63, 3.8) is 0 Å². The lowest BCUT2D eigenvalue weighted by Gasteiger charge is -2.35. The molecule has 12 heteroatoms. The minimum absolute atomic E-state index is 0.183. The van der Waals surface area contributed by atoms with Crippen molar-refractivity contribution in [2.45, 2.75) is 35.7 Å². The second kappa shape index (κ2) is 10.3. The smallest absolute Gasteiger partial charge is 0.327 e. The van der Waals surface area contributed by atoms with Crippen LogP contribution in [0, 0.1) is 6.92 Å². The molecule has 2 N–H and O–H groups in total. The molecule has 0 saturated carbocycles. The molecule has 0 aliphatic carbocycles. The van der Waals surface area contributed by atoms with Crippen molar-refractivity contribution in [2.24, 2.45) is 0 Å². The maximum absolute atomic E-state index is 13.5. The van der Waals surface area contributed by atoms with Gasteiger partial charge in [-0.15, -0.1) is 0 Å². The fourth-order valence-corrected chi connectivity index (χ4v) is 7.49. The predicted octanol–water partition coefficient (Wildman–Crippen LogP) is 4.22. The highest BCUT2D eigenvalue weighted by Crippen LogP contribution is 2.51. The molecule has 2 aromatic carbocycles. The number of carbonyl (C=O) groups is 2. The van der Waals surface area contributed by atoms with Crippen LogP contribution in [0.4, 0.5) is 16.2 Å². The quantitative estimate of drug-likeness (QED) is 0.431. The molecule has 3 aliphatic rings. The van der Waals surface area contributed by atoms with Crippen molar-refractivity contribution in [2.75, 3.05) is 18.0 Å². The highest BCUT2D eigenvalue weighted by Gasteiger charge is 2.47. The second-order valence-electron chi connectivity index (χ2n) is 9.78. The van der Waals surface area contributed by atoms with E-state index in [1.54, 1.807) is 17.2 Å². The van der Waals surface area contributed by atoms with Gasteiger partial charge in [-0.05, 0) is 55.3 Å². The Hall–Kier alpha value is -3.87. The number of ether oxygens (including phenoxy) is 1. The number of anilines is 2. The van der Waals surface area contributed by atoms with Gasteiger partial charge in [-0.2, -0.15) is 4.31 Å². The summed E-state index contributed by atoms with van der Waals surface area (Å²) in [5.41, 5.74) is 2.99. The summed E-state index contributed by atoms with van der Waals surface area (Å²) in [6.07, 6.45) is 2.14. The Bertz CT molecular complexity index is 1610. The number of sulfonamides is 1. The Balaban J connectivity index is 1.23. The molecule has 0 spiro atoms. The molecule has 0 radical (unpaired) electrons. The fourth-order valence-electron chi connectivity index (χ4n) is 5.30. The Kier molecular flexibility index (Phi) is 6.77. The number of para-hydroxylation sites is 1. The molecule has 2 unspecified atom stereocenters. The van der Waals surface area contributed by atoms with Crippen molar-refractivity contribution in [1.29, 1.82) is 0 Å². The molecule has 1 saturated heterocycles. The van der Waals surface area contributed by atoms with Crippen LogP contribution in [0.1, 0.15) is 23.6 Å². The molecule has 206 valence electrons. The number of hydrogen-bond donors (Lipinski definition) is 2. The van der Waals surface area contributed by atoms with Crippen molar-refractivity contribution in [1.82, 2.24) is 19.9 Å². The molecular formula is C28H27N5O5S2. The molecule has 1 aromatic heterocycles. The lowest BCUT2D eigenvalue weighted by atomic mass is 9.99. The van der Waals surface area contributed by atoms with Crippen molar-refractivity contribution in [3.05, 3.63) is 83.9 Å². The zero-order chi connectivity index (χ0) is 28.0. The number of nitrogens with zero attached hydrogens (tertiary/aromatic N) is 3. The lowest BCUT2D eigenvalue weighted by molar-refractivity contribution is -0.121. The Morgan fingerprint density at radius 1 is 1.18 bits per heavy atom. The van der Waals surface area contributed by atoms with Crippen LogP contribution in [0.2, 0.25) is 0 Å². The number of benzene rings is 2. The van der Waals surface area contributed by atoms with Crippen molar-refractivity contribution in [3.8, 4) is 11.5 Å². The molecule has 40 heavy (non-hydrogen) atoms. The topological polar surface area (TPSA) is 121 Å². The van der Waals surface area contributed by atoms with Gasteiger partial charge in [-0.1, -0.05) is 36.5 Å². The van der Waals surface area contributed by atoms with E-state index in [0.717, 1.165) is 16.5 Å². The number of aromatic nitrogens is 1. The van der Waals surface area contributed by atoms with Crippen LogP contribution >= 0.6 is 11.8 Å². The average Bonchev–Trinajstić information content (AvgIpc) is 3.56. The Morgan fingerprint density at radius 2 is 1.98 bits per heavy atom. The maximum atomic E-state index is 13.5. The van der Waals surface area contributed by atoms with Crippen LogP contribution < -0.4 is 20.3 Å². The second-order valence-corrected chi connectivity index (χ2v) is 12.8. The summed E-state index contributed by atoms with van der Waals surface area (Å²) in [6, 6.07) is 15.6. The number of hydrogen-bond acceptors (Lipinski definition) is 7. The van der Waals surface area contributed by atoms with Gasteiger partial charge in [0.05, 0.1) is 17.4 Å². The average molecular weight is 578 g/mol. The van der Waals surface area contributed by atoms with Crippen LogP contribution in [-0.4, -0.2) is 54.0 Å². The number of nitrogens with one attached hydrogen (secondary N) is 2. The largest absolute Gasteiger partial charge is 0.457 e. The van der Waals surface area contributed by atoms with Crippen LogP contribution in [0.5, 0.6) is 11.5 Å². The molecular weight excluding hydrogens is 550 g/mol. The summed E-state index contributed by atoms with van der Waals surface area (Å²) in [5.74, 6) is 1.10. The zero-order valence-corrected chi connectivity index (χ0v) is 23.2. The number of carbonyl (C=O) groups excluding carboxylic acids is 2. The first-order valence-corrected chi connectivity index (χ1v) is 15.2. The molecule has 1 fully saturated rings. The fraction of sp³-hybridized carbons (Fsp3) is 0.250. The minimum Gasteiger partial charge on any atom is -0.457 e. The van der Waals surface area contributed by atoms with Gasteiger partial charge in [0, 0.05) is 36.3 Å². The van der Waals surface area contributed by atoms with Crippen LogP contribution in [0.3, 0.4) is 0 Å². The molecule has 3 atom stereocenters. The van der Waals surface area contributed by atoms with E-state index >= 15 is 0 Å². The number of thioether (sulfide) groups is 1. The number of pyridine rings is 1. The number of rotatable bonds is 7. The lowest BCUT2D eigenvalue weighted by Crippen LogP contribution is -2.50. The molecule has 3 amide bonds. The summed E-state index contributed by atoms with van der Waals surface area (Å²) in [4.78, 5) is 33.0. The summed E-state index contributed by atoms with van der Waals surface area (Å²) in [5, 5.41) is 6.95. The highest BCUT2D eigenvalue weighted by atomic mass is 32.2. The van der Waals surface area contributed by atoms with E-state index in [2.05, 4.69) is 22.2 Å². The van der Waals surface area contributed by atoms with Crippen LogP contribution in [0.15, 0.2) is 77.8 Å². The van der Waals surface area contributed by atoms with Crippen LogP contribution in [-0.2, 0) is 14.8 Å². The molecule has 3 aromatic rings. The first kappa shape index (κ1) is 26.4. The Morgan fingerprint density at radius 3 is 2.73 bits per heavy atom. The van der Waals surface area contributed by atoms with Gasteiger partial charge in [0.2, 0.25) is 15.9 Å². The van der Waals surface area contributed by atoms with Crippen molar-refractivity contribution < 1.29 is 22.7 Å². The standard InChI is InChI=1S/C28H27N5O5S2/c1-3-40(36,37)32-14-12-18(16-32)30-26(34)25-24-23-22(11-13-29-27(23)39-25)33(28(35)31-24)21-10-9-20(15-17(21)2)38-19-7-5-4-6-8-19/h3-11,13,15,18,24-25H,1,12,14,16H2,2H3,(H,30,34)(H,31,35)/t18?,24?,25-/m1/s1. The van der Waals surface area contributed by atoms with E-state index in [1.165, 1.54) is 16.1 Å². The van der Waals surface area contributed by atoms with Crippen LogP contribution in [0.25, 0.3) is 0 Å². The van der Waals surface area contributed by atoms with Crippen molar-refractivity contribution >= 4 is 45.1 Å². The summed E-state index contributed by atoms with van der Waals surface area (Å²) >= 11 is 1.30. The van der Waals surface area contributed by atoms with E-state index in [1.807, 2.05) is 55.5 Å². The first-order valence-electron chi connectivity index (χ1n) is 12.8. The minimum atomic E-state index is -3.54. The third-order valence-corrected chi connectivity index (χ3v) is 9.98. The number of aryl methyl sites for hydroxylation is 1. The van der Waals surface area contributed by atoms with E-state index in [4.69, 9.17) is 4.74 Å². The summed E-state index contributed by atoms with van der Waals surface area (Å²) in [6.45, 7) is 5.78. The number of amides is 3. The van der Waals surface area contributed by atoms with Gasteiger partial charge in [-0.25, -0.2) is 18.2 Å². The van der Waals surface area contributed by atoms with E-state index in [-0.39, 0.29) is 24.5 Å². The maximum Gasteiger partial charge on any atom is 0.327 e. The van der Waals surface area contributed by atoms with Gasteiger partial charge in [0.15, 0.2) is 0 Å². The summed E-state index contributed by atoms with van der Waals surface area (Å²) < 4.78 is 31.5. The third kappa shape index (κ3) is 4.72. The van der Waals surface area contributed by atoms with Gasteiger partial charge in [-0.3, -0.25) is 9.69 Å². The van der Waals surface area contributed by atoms with Gasteiger partial charge in [0.25, 0.3) is 0 Å². The van der Waals surface area contributed by atoms with E-state index < -0.39 is 21.3 Å². The highest BCUT2D eigenvalue weighted by molar-refractivity contribution is 8.01. The molecule has 10 nitrogen and oxygen atoms in total. The molecule has 3 aliphatic heterocycles. The zero-order valence-electron chi connectivity index (χ0n) is 21.6. The predicted molar refractivity (Wildman–Crippen MR) is 152 cm³/mol. The Labute approximate surface area is 236 Å². The third-order valence-electron chi connectivity index (χ3n) is 7.22. The normalized spacial score (nSPS) is 22.0. The van der Waals surface area contributed by atoms with E-state index in [0.29, 0.717) is 40.9 Å². The molecule has 0 bridgehead atoms. The van der Waals surface area contributed by atoms with Gasteiger partial charge < -0.3 is 15.4 Å². The SMILES string of the molecule is C=CS(=O)(=O)N1CCC(NC(=O)[C@@H]2Sc3nccc4c3C2NC(=O)N4c2ccc(Oc3ccccc3)cc2C)C1.